The molecule has 10 nitrogen and oxygen atoms in total. The van der Waals surface area contributed by atoms with Crippen LogP contribution in [0.5, 0.6) is 0 Å². The summed E-state index contributed by atoms with van der Waals surface area (Å²) in [6, 6.07) is 17.3. The van der Waals surface area contributed by atoms with E-state index in [1.807, 2.05) is 30.3 Å². The number of nitrogens with one attached hydrogen (secondary N) is 1. The minimum absolute atomic E-state index is 0.0691. The maximum Gasteiger partial charge on any atom is 0.410 e. The summed E-state index contributed by atoms with van der Waals surface area (Å²) in [5, 5.41) is 13.8. The average molecular weight is 495 g/mol. The van der Waals surface area contributed by atoms with E-state index in [0.717, 1.165) is 5.56 Å². The summed E-state index contributed by atoms with van der Waals surface area (Å²) in [6.07, 6.45) is 1.03. The van der Waals surface area contributed by atoms with Gasteiger partial charge in [0.05, 0.1) is 17.1 Å². The number of aromatic amines is 1. The molecule has 0 aliphatic carbocycles. The SMILES string of the molecule is CN(Cc1cc(-c2ccccc2)n(S(=O)(=O)c2cccc(-c3nn[nH]n3)c2)c1)C(=O)OC(C)(C)C. The maximum atomic E-state index is 13.8. The molecule has 0 radical (unpaired) electrons. The van der Waals surface area contributed by atoms with Crippen molar-refractivity contribution in [3.05, 3.63) is 72.4 Å². The Morgan fingerprint density at radius 1 is 1.06 bits per heavy atom. The highest BCUT2D eigenvalue weighted by molar-refractivity contribution is 7.90. The van der Waals surface area contributed by atoms with Gasteiger partial charge in [0, 0.05) is 18.8 Å². The monoisotopic (exact) mass is 494 g/mol. The summed E-state index contributed by atoms with van der Waals surface area (Å²) in [5.74, 6) is 0.289. The lowest BCUT2D eigenvalue weighted by Gasteiger charge is -2.24. The molecule has 11 heteroatoms. The van der Waals surface area contributed by atoms with Gasteiger partial charge in [0.2, 0.25) is 5.82 Å². The second kappa shape index (κ2) is 9.34. The van der Waals surface area contributed by atoms with Crippen LogP contribution in [0.4, 0.5) is 4.79 Å². The first-order chi connectivity index (χ1) is 16.5. The molecule has 4 rings (SSSR count). The molecule has 35 heavy (non-hydrogen) atoms. The van der Waals surface area contributed by atoms with Crippen LogP contribution in [0.25, 0.3) is 22.6 Å². The number of carbonyl (C=O) groups excluding carboxylic acids is 1. The van der Waals surface area contributed by atoms with Crippen molar-refractivity contribution < 1.29 is 17.9 Å². The van der Waals surface area contributed by atoms with Crippen molar-refractivity contribution in [2.24, 2.45) is 0 Å². The van der Waals surface area contributed by atoms with Crippen molar-refractivity contribution >= 4 is 16.1 Å². The first kappa shape index (κ1) is 24.1. The molecule has 0 saturated carbocycles. The second-order valence-corrected chi connectivity index (χ2v) is 10.8. The third-order valence-electron chi connectivity index (χ3n) is 5.03. The van der Waals surface area contributed by atoms with Crippen molar-refractivity contribution in [2.75, 3.05) is 7.05 Å². The van der Waals surface area contributed by atoms with Crippen LogP contribution in [-0.2, 0) is 21.3 Å². The molecule has 4 aromatic rings. The van der Waals surface area contributed by atoms with E-state index >= 15 is 0 Å². The maximum absolute atomic E-state index is 13.8. The lowest BCUT2D eigenvalue weighted by Crippen LogP contribution is -2.33. The van der Waals surface area contributed by atoms with Crippen molar-refractivity contribution in [3.8, 4) is 22.6 Å². The predicted octanol–water partition coefficient (Wildman–Crippen LogP) is 3.94. The Morgan fingerprint density at radius 2 is 1.77 bits per heavy atom. The highest BCUT2D eigenvalue weighted by Gasteiger charge is 2.25. The van der Waals surface area contributed by atoms with E-state index in [4.69, 9.17) is 4.74 Å². The highest BCUT2D eigenvalue weighted by Crippen LogP contribution is 2.29. The van der Waals surface area contributed by atoms with Crippen molar-refractivity contribution in [1.82, 2.24) is 29.5 Å². The molecule has 2 aromatic carbocycles. The van der Waals surface area contributed by atoms with Gasteiger partial charge in [-0.05, 0) is 55.3 Å². The van der Waals surface area contributed by atoms with Crippen LogP contribution < -0.4 is 0 Å². The number of H-pyrrole nitrogens is 1. The number of carbonyl (C=O) groups is 1. The minimum Gasteiger partial charge on any atom is -0.444 e. The quantitative estimate of drug-likeness (QED) is 0.431. The van der Waals surface area contributed by atoms with E-state index in [2.05, 4.69) is 20.6 Å². The Hall–Kier alpha value is -3.99. The number of amides is 1. The number of nitrogens with zero attached hydrogens (tertiary/aromatic N) is 5. The van der Waals surface area contributed by atoms with E-state index in [1.165, 1.54) is 27.2 Å². The molecular weight excluding hydrogens is 468 g/mol. The molecule has 1 amide bonds. The zero-order valence-corrected chi connectivity index (χ0v) is 20.7. The lowest BCUT2D eigenvalue weighted by atomic mass is 10.1. The van der Waals surface area contributed by atoms with E-state index < -0.39 is 21.7 Å². The highest BCUT2D eigenvalue weighted by atomic mass is 32.2. The van der Waals surface area contributed by atoms with Crippen LogP contribution in [0.3, 0.4) is 0 Å². The Labute approximate surface area is 203 Å². The van der Waals surface area contributed by atoms with Crippen LogP contribution in [0.2, 0.25) is 0 Å². The van der Waals surface area contributed by atoms with Gasteiger partial charge in [-0.1, -0.05) is 42.5 Å². The van der Waals surface area contributed by atoms with Gasteiger partial charge in [-0.25, -0.2) is 17.2 Å². The van der Waals surface area contributed by atoms with Gasteiger partial charge in [0.15, 0.2) is 0 Å². The van der Waals surface area contributed by atoms with Crippen LogP contribution in [0.15, 0.2) is 71.8 Å². The number of aromatic nitrogens is 5. The molecule has 0 spiro atoms. The fourth-order valence-electron chi connectivity index (χ4n) is 3.47. The molecule has 0 saturated heterocycles. The third kappa shape index (κ3) is 5.40. The molecular formula is C24H26N6O4S. The van der Waals surface area contributed by atoms with E-state index in [-0.39, 0.29) is 17.3 Å². The molecule has 1 N–H and O–H groups in total. The fourth-order valence-corrected chi connectivity index (χ4v) is 4.92. The Kier molecular flexibility index (Phi) is 6.44. The van der Waals surface area contributed by atoms with Crippen molar-refractivity contribution in [2.45, 2.75) is 37.8 Å². The number of rotatable bonds is 6. The largest absolute Gasteiger partial charge is 0.444 e. The molecule has 0 unspecified atom stereocenters. The van der Waals surface area contributed by atoms with Gasteiger partial charge in [-0.3, -0.25) is 0 Å². The van der Waals surface area contributed by atoms with E-state index in [1.54, 1.807) is 46.0 Å². The number of hydrogen-bond donors (Lipinski definition) is 1. The fraction of sp³-hybridized carbons (Fsp3) is 0.250. The van der Waals surface area contributed by atoms with Crippen LogP contribution >= 0.6 is 0 Å². The Bertz CT molecular complexity index is 1420. The topological polar surface area (TPSA) is 123 Å². The Balaban J connectivity index is 1.74. The smallest absolute Gasteiger partial charge is 0.410 e. The van der Waals surface area contributed by atoms with Gasteiger partial charge in [0.25, 0.3) is 10.0 Å². The predicted molar refractivity (Wildman–Crippen MR) is 130 cm³/mol. The minimum atomic E-state index is -4.00. The van der Waals surface area contributed by atoms with Crippen molar-refractivity contribution in [1.29, 1.82) is 0 Å². The van der Waals surface area contributed by atoms with Gasteiger partial charge < -0.3 is 9.64 Å². The van der Waals surface area contributed by atoms with Crippen LogP contribution in [-0.4, -0.2) is 56.7 Å². The first-order valence-corrected chi connectivity index (χ1v) is 12.3. The zero-order valence-electron chi connectivity index (χ0n) is 19.8. The molecule has 0 aliphatic heterocycles. The third-order valence-corrected chi connectivity index (χ3v) is 6.70. The molecule has 0 bridgehead atoms. The molecule has 2 aromatic heterocycles. The molecule has 0 atom stereocenters. The molecule has 0 fully saturated rings. The Morgan fingerprint density at radius 3 is 2.43 bits per heavy atom. The molecule has 0 aliphatic rings. The summed E-state index contributed by atoms with van der Waals surface area (Å²) in [6.45, 7) is 5.54. The number of tetrazole rings is 1. The average Bonchev–Trinajstić information content (AvgIpc) is 3.49. The summed E-state index contributed by atoms with van der Waals surface area (Å²) in [5.41, 5.74) is 1.70. The summed E-state index contributed by atoms with van der Waals surface area (Å²) in [7, 11) is -2.39. The van der Waals surface area contributed by atoms with Gasteiger partial charge in [-0.15, -0.1) is 10.2 Å². The van der Waals surface area contributed by atoms with E-state index in [0.29, 0.717) is 16.8 Å². The number of hydrogen-bond acceptors (Lipinski definition) is 7. The summed E-state index contributed by atoms with van der Waals surface area (Å²) < 4.78 is 34.2. The van der Waals surface area contributed by atoms with Gasteiger partial charge in [0.1, 0.15) is 5.60 Å². The van der Waals surface area contributed by atoms with Crippen LogP contribution in [0.1, 0.15) is 26.3 Å². The lowest BCUT2D eigenvalue weighted by molar-refractivity contribution is 0.0285. The van der Waals surface area contributed by atoms with Gasteiger partial charge in [-0.2, -0.15) is 5.21 Å². The van der Waals surface area contributed by atoms with Crippen molar-refractivity contribution in [3.63, 3.8) is 0 Å². The normalized spacial score (nSPS) is 11.9. The standard InChI is InChI=1S/C24H26N6O4S/c1-24(2,3)34-23(31)29(4)15-17-13-21(18-9-6-5-7-10-18)30(16-17)35(32,33)20-12-8-11-19(14-20)22-25-27-28-26-22/h5-14,16H,15H2,1-4H3,(H,25,26,27,28). The second-order valence-electron chi connectivity index (χ2n) is 9.00. The molecule has 2 heterocycles. The number of ether oxygens (including phenoxy) is 1. The summed E-state index contributed by atoms with van der Waals surface area (Å²) >= 11 is 0. The zero-order chi connectivity index (χ0) is 25.2. The number of benzene rings is 2. The van der Waals surface area contributed by atoms with Crippen LogP contribution in [0, 0.1) is 0 Å². The first-order valence-electron chi connectivity index (χ1n) is 10.8. The van der Waals surface area contributed by atoms with E-state index in [9.17, 15) is 13.2 Å². The van der Waals surface area contributed by atoms with Gasteiger partial charge >= 0.3 is 6.09 Å². The summed E-state index contributed by atoms with van der Waals surface area (Å²) in [4.78, 5) is 13.9. The molecule has 182 valence electrons.